The minimum atomic E-state index is -3.62. The second-order valence-corrected chi connectivity index (χ2v) is 11.3. The van der Waals surface area contributed by atoms with Crippen molar-refractivity contribution in [3.8, 4) is 22.0 Å². The van der Waals surface area contributed by atoms with E-state index in [0.717, 1.165) is 5.56 Å². The maximum Gasteiger partial charge on any atom is 0.243 e. The summed E-state index contributed by atoms with van der Waals surface area (Å²) in [7, 11) is -1.65. The highest BCUT2D eigenvalue weighted by Crippen LogP contribution is 2.36. The van der Waals surface area contributed by atoms with Crippen molar-refractivity contribution in [3.63, 3.8) is 0 Å². The van der Waals surface area contributed by atoms with Crippen LogP contribution in [0.15, 0.2) is 59.5 Å². The molecule has 0 amide bonds. The molecule has 1 aliphatic heterocycles. The van der Waals surface area contributed by atoms with E-state index in [2.05, 4.69) is 30.2 Å². The number of hydrogen-bond acceptors (Lipinski definition) is 11. The van der Waals surface area contributed by atoms with Gasteiger partial charge in [-0.1, -0.05) is 47.7 Å². The molecule has 3 heterocycles. The summed E-state index contributed by atoms with van der Waals surface area (Å²) in [5.74, 6) is 0.506. The number of hydrogen-bond donors (Lipinski definition) is 3. The molecule has 1 fully saturated rings. The van der Waals surface area contributed by atoms with Gasteiger partial charge in [0.2, 0.25) is 21.9 Å². The van der Waals surface area contributed by atoms with Crippen LogP contribution >= 0.6 is 11.3 Å². The molecule has 5 N–H and O–H groups in total. The van der Waals surface area contributed by atoms with Crippen LogP contribution < -0.4 is 16.8 Å². The molecular weight excluding hydrogens is 498 g/mol. The van der Waals surface area contributed by atoms with Crippen molar-refractivity contribution < 1.29 is 8.42 Å². The fraction of sp³-hybridized carbons (Fsp3) is 0.217. The average Bonchev–Trinajstić information content (AvgIpc) is 3.26. The number of benzene rings is 2. The highest BCUT2D eigenvalue weighted by atomic mass is 32.2. The molecule has 0 bridgehead atoms. The number of nitrogens with two attached hydrogens (primary N) is 2. The Morgan fingerprint density at radius 2 is 1.67 bits per heavy atom. The van der Waals surface area contributed by atoms with Crippen LogP contribution in [0, 0.1) is 0 Å². The third-order valence-electron chi connectivity index (χ3n) is 5.74. The van der Waals surface area contributed by atoms with E-state index in [1.165, 1.54) is 15.6 Å². The van der Waals surface area contributed by atoms with Gasteiger partial charge in [-0.25, -0.2) is 13.4 Å². The predicted molar refractivity (Wildman–Crippen MR) is 141 cm³/mol. The molecule has 36 heavy (non-hydrogen) atoms. The topological polar surface area (TPSA) is 156 Å². The fourth-order valence-corrected chi connectivity index (χ4v) is 6.13. The summed E-state index contributed by atoms with van der Waals surface area (Å²) in [5.41, 5.74) is 14.0. The van der Waals surface area contributed by atoms with Gasteiger partial charge in [-0.05, 0) is 25.2 Å². The number of anilines is 4. The molecule has 11 nitrogen and oxygen atoms in total. The summed E-state index contributed by atoms with van der Waals surface area (Å²) < 4.78 is 27.8. The van der Waals surface area contributed by atoms with Gasteiger partial charge in [0.05, 0.1) is 10.6 Å². The van der Waals surface area contributed by atoms with Crippen molar-refractivity contribution in [2.45, 2.75) is 4.90 Å². The first-order valence-electron chi connectivity index (χ1n) is 11.2. The number of rotatable bonds is 6. The summed E-state index contributed by atoms with van der Waals surface area (Å²) in [6.45, 7) is 2.28. The van der Waals surface area contributed by atoms with E-state index in [0.29, 0.717) is 53.4 Å². The van der Waals surface area contributed by atoms with Crippen LogP contribution in [-0.2, 0) is 10.0 Å². The van der Waals surface area contributed by atoms with Gasteiger partial charge in [0, 0.05) is 37.4 Å². The van der Waals surface area contributed by atoms with Gasteiger partial charge in [0.25, 0.3) is 0 Å². The van der Waals surface area contributed by atoms with Crippen molar-refractivity contribution in [2.75, 3.05) is 50.0 Å². The molecule has 2 aromatic heterocycles. The average molecular weight is 524 g/mol. The van der Waals surface area contributed by atoms with Crippen LogP contribution in [0.4, 0.5) is 22.7 Å². The Labute approximate surface area is 212 Å². The Morgan fingerprint density at radius 1 is 0.917 bits per heavy atom. The SMILES string of the molecule is CN1CCN(S(=O)(=O)c2cccc(Nc3nc(N)nc(-c4sc(N)nc4-c4ccccc4)n3)c2)CC1. The number of thiazole rings is 1. The van der Waals surface area contributed by atoms with Crippen LogP contribution in [0.25, 0.3) is 22.0 Å². The second-order valence-electron chi connectivity index (χ2n) is 8.30. The van der Waals surface area contributed by atoms with E-state index in [4.69, 9.17) is 11.5 Å². The van der Waals surface area contributed by atoms with Crippen molar-refractivity contribution in [1.29, 1.82) is 0 Å². The van der Waals surface area contributed by atoms with Gasteiger partial charge in [-0.15, -0.1) is 0 Å². The second kappa shape index (κ2) is 9.78. The molecule has 0 unspecified atom stereocenters. The van der Waals surface area contributed by atoms with E-state index in [-0.39, 0.29) is 16.8 Å². The Balaban J connectivity index is 1.44. The molecule has 0 spiro atoms. The molecule has 0 saturated carbocycles. The number of piperazine rings is 1. The highest BCUT2D eigenvalue weighted by molar-refractivity contribution is 7.89. The lowest BCUT2D eigenvalue weighted by Gasteiger charge is -2.31. The van der Waals surface area contributed by atoms with Crippen molar-refractivity contribution in [2.24, 2.45) is 0 Å². The van der Waals surface area contributed by atoms with Crippen molar-refractivity contribution in [3.05, 3.63) is 54.6 Å². The Kier molecular flexibility index (Phi) is 6.53. The quantitative estimate of drug-likeness (QED) is 0.343. The molecule has 4 aromatic rings. The molecule has 2 aromatic carbocycles. The number of sulfonamides is 1. The van der Waals surface area contributed by atoms with E-state index < -0.39 is 10.0 Å². The van der Waals surface area contributed by atoms with E-state index in [1.54, 1.807) is 24.3 Å². The smallest absolute Gasteiger partial charge is 0.243 e. The van der Waals surface area contributed by atoms with Gasteiger partial charge < -0.3 is 21.7 Å². The minimum Gasteiger partial charge on any atom is -0.375 e. The first-order valence-corrected chi connectivity index (χ1v) is 13.4. The lowest BCUT2D eigenvalue weighted by Crippen LogP contribution is -2.47. The molecule has 5 rings (SSSR count). The first-order chi connectivity index (χ1) is 17.3. The zero-order valence-electron chi connectivity index (χ0n) is 19.5. The predicted octanol–water partition coefficient (Wildman–Crippen LogP) is 2.51. The molecule has 186 valence electrons. The van der Waals surface area contributed by atoms with Gasteiger partial charge >= 0.3 is 0 Å². The van der Waals surface area contributed by atoms with E-state index in [1.807, 2.05) is 37.4 Å². The van der Waals surface area contributed by atoms with Crippen LogP contribution in [-0.4, -0.2) is 70.8 Å². The largest absolute Gasteiger partial charge is 0.375 e. The molecule has 0 atom stereocenters. The van der Waals surface area contributed by atoms with Crippen LogP contribution in [0.3, 0.4) is 0 Å². The maximum atomic E-state index is 13.2. The number of aromatic nitrogens is 4. The molecule has 1 saturated heterocycles. The van der Waals surface area contributed by atoms with Gasteiger partial charge in [-0.3, -0.25) is 0 Å². The Bertz CT molecular complexity index is 1480. The molecule has 0 aliphatic carbocycles. The molecular formula is C23H25N9O2S2. The summed E-state index contributed by atoms with van der Waals surface area (Å²) in [5, 5.41) is 3.44. The Morgan fingerprint density at radius 3 is 2.42 bits per heavy atom. The number of nitrogens with zero attached hydrogens (tertiary/aromatic N) is 6. The van der Waals surface area contributed by atoms with Crippen molar-refractivity contribution >= 4 is 44.1 Å². The number of nitrogen functional groups attached to an aromatic ring is 2. The molecule has 1 aliphatic rings. The number of nitrogens with one attached hydrogen (secondary N) is 1. The monoisotopic (exact) mass is 523 g/mol. The van der Waals surface area contributed by atoms with Gasteiger partial charge in [0.1, 0.15) is 4.88 Å². The van der Waals surface area contributed by atoms with Crippen LogP contribution in [0.1, 0.15) is 0 Å². The molecule has 0 radical (unpaired) electrons. The molecule has 13 heteroatoms. The fourth-order valence-electron chi connectivity index (χ4n) is 3.87. The van der Waals surface area contributed by atoms with Crippen LogP contribution in [0.5, 0.6) is 0 Å². The standard InChI is InChI=1S/C23H25N9O2S2/c1-31-10-12-32(13-11-31)36(33,34)17-9-5-8-16(14-17)26-23-29-20(28-21(24)30-23)19-18(27-22(25)35-19)15-6-3-2-4-7-15/h2-9,14H,10-13H2,1H3,(H2,25,27)(H3,24,26,28,29,30). The van der Waals surface area contributed by atoms with Gasteiger partial charge in [0.15, 0.2) is 11.0 Å². The normalized spacial score (nSPS) is 15.1. The third kappa shape index (κ3) is 4.99. The number of likely N-dealkylation sites (N-methyl/N-ethyl adjacent to an activating group) is 1. The van der Waals surface area contributed by atoms with E-state index >= 15 is 0 Å². The summed E-state index contributed by atoms with van der Waals surface area (Å²) in [4.78, 5) is 20.4. The third-order valence-corrected chi connectivity index (χ3v) is 8.51. The van der Waals surface area contributed by atoms with Crippen LogP contribution in [0.2, 0.25) is 0 Å². The summed E-state index contributed by atoms with van der Waals surface area (Å²) in [6, 6.07) is 16.1. The minimum absolute atomic E-state index is 0.00898. The maximum absolute atomic E-state index is 13.2. The lowest BCUT2D eigenvalue weighted by molar-refractivity contribution is 0.222. The zero-order valence-corrected chi connectivity index (χ0v) is 21.1. The Hall–Kier alpha value is -3.65. The zero-order chi connectivity index (χ0) is 25.3. The van der Waals surface area contributed by atoms with Crippen molar-refractivity contribution in [1.82, 2.24) is 29.1 Å². The van der Waals surface area contributed by atoms with E-state index in [9.17, 15) is 8.42 Å². The van der Waals surface area contributed by atoms with Gasteiger partial charge in [-0.2, -0.15) is 19.3 Å². The first kappa shape index (κ1) is 24.1. The summed E-state index contributed by atoms with van der Waals surface area (Å²) in [6.07, 6.45) is 0. The summed E-state index contributed by atoms with van der Waals surface area (Å²) >= 11 is 1.25. The highest BCUT2D eigenvalue weighted by Gasteiger charge is 2.27. The lowest BCUT2D eigenvalue weighted by atomic mass is 10.1.